The van der Waals surface area contributed by atoms with Crippen LogP contribution in [0.2, 0.25) is 0 Å². The van der Waals surface area contributed by atoms with Crippen molar-refractivity contribution in [3.05, 3.63) is 16.7 Å². The fraction of sp³-hybridized carbons (Fsp3) is 0.444. The number of pyridine rings is 1. The predicted octanol–water partition coefficient (Wildman–Crippen LogP) is 3.32. The fourth-order valence-corrected chi connectivity index (χ4v) is 2.26. The lowest BCUT2D eigenvalue weighted by molar-refractivity contribution is 0.798. The molecule has 0 aliphatic carbocycles. The highest BCUT2D eigenvalue weighted by Gasteiger charge is 2.15. The van der Waals surface area contributed by atoms with Crippen LogP contribution in [-0.2, 0) is 0 Å². The number of aromatic nitrogens is 1. The van der Waals surface area contributed by atoms with Gasteiger partial charge in [-0.1, -0.05) is 32.5 Å². The molecule has 13 heavy (non-hydrogen) atoms. The molecule has 2 N–H and O–H groups in total. The Bertz CT molecular complexity index is 307. The maximum absolute atomic E-state index is 5.59. The van der Waals surface area contributed by atoms with Crippen LogP contribution in [0.25, 0.3) is 0 Å². The molecule has 0 aromatic carbocycles. The minimum atomic E-state index is 0.172. The molecule has 1 aromatic heterocycles. The molecular weight excluding hydrogens is 248 g/mol. The first-order valence-electron chi connectivity index (χ1n) is 3.98. The zero-order chi connectivity index (χ0) is 10.1. The van der Waals surface area contributed by atoms with E-state index in [1.165, 1.54) is 0 Å². The van der Waals surface area contributed by atoms with Gasteiger partial charge in [0, 0.05) is 4.75 Å². The SMILES string of the molecule is CC(C)(C)Sc1ncc(N)cc1Br. The molecule has 0 saturated heterocycles. The van der Waals surface area contributed by atoms with Crippen molar-refractivity contribution in [3.63, 3.8) is 0 Å². The molecule has 0 saturated carbocycles. The molecule has 0 unspecified atom stereocenters. The number of halogens is 1. The van der Waals surface area contributed by atoms with E-state index >= 15 is 0 Å². The van der Waals surface area contributed by atoms with Crippen molar-refractivity contribution >= 4 is 33.4 Å². The van der Waals surface area contributed by atoms with Crippen LogP contribution >= 0.6 is 27.7 Å². The first-order chi connectivity index (χ1) is 5.88. The van der Waals surface area contributed by atoms with Crippen LogP contribution in [0.15, 0.2) is 21.8 Å². The molecule has 1 rings (SSSR count). The first-order valence-corrected chi connectivity index (χ1v) is 5.59. The summed E-state index contributed by atoms with van der Waals surface area (Å²) in [6.07, 6.45) is 1.68. The van der Waals surface area contributed by atoms with Gasteiger partial charge in [-0.25, -0.2) is 4.98 Å². The Morgan fingerprint density at radius 3 is 2.54 bits per heavy atom. The van der Waals surface area contributed by atoms with E-state index in [1.54, 1.807) is 18.0 Å². The summed E-state index contributed by atoms with van der Waals surface area (Å²) in [5.74, 6) is 0. The summed E-state index contributed by atoms with van der Waals surface area (Å²) in [7, 11) is 0. The summed E-state index contributed by atoms with van der Waals surface area (Å²) in [4.78, 5) is 4.25. The Morgan fingerprint density at radius 1 is 1.46 bits per heavy atom. The Balaban J connectivity index is 2.90. The molecule has 1 heterocycles. The molecule has 0 spiro atoms. The molecular formula is C9H13BrN2S. The number of hydrogen-bond acceptors (Lipinski definition) is 3. The molecule has 0 aliphatic rings. The molecule has 0 radical (unpaired) electrons. The Labute approximate surface area is 91.4 Å². The highest BCUT2D eigenvalue weighted by Crippen LogP contribution is 2.35. The van der Waals surface area contributed by atoms with Crippen LogP contribution in [-0.4, -0.2) is 9.73 Å². The average molecular weight is 261 g/mol. The van der Waals surface area contributed by atoms with Gasteiger partial charge in [-0.15, -0.1) is 0 Å². The van der Waals surface area contributed by atoms with Gasteiger partial charge in [0.1, 0.15) is 5.03 Å². The Hall–Kier alpha value is -0.220. The van der Waals surface area contributed by atoms with Crippen LogP contribution < -0.4 is 5.73 Å². The van der Waals surface area contributed by atoms with Crippen LogP contribution in [0, 0.1) is 0 Å². The van der Waals surface area contributed by atoms with Crippen molar-refractivity contribution in [1.82, 2.24) is 4.98 Å². The number of nitrogen functional groups attached to an aromatic ring is 1. The van der Waals surface area contributed by atoms with Gasteiger partial charge >= 0.3 is 0 Å². The third kappa shape index (κ3) is 3.56. The number of nitrogens with two attached hydrogens (primary N) is 1. The van der Waals surface area contributed by atoms with Crippen LogP contribution in [0.4, 0.5) is 5.69 Å². The largest absolute Gasteiger partial charge is 0.397 e. The fourth-order valence-electron chi connectivity index (χ4n) is 0.805. The number of thioether (sulfide) groups is 1. The minimum Gasteiger partial charge on any atom is -0.397 e. The van der Waals surface area contributed by atoms with E-state index in [-0.39, 0.29) is 4.75 Å². The Morgan fingerprint density at radius 2 is 2.08 bits per heavy atom. The van der Waals surface area contributed by atoms with E-state index in [0.29, 0.717) is 5.69 Å². The monoisotopic (exact) mass is 260 g/mol. The topological polar surface area (TPSA) is 38.9 Å². The first kappa shape index (κ1) is 10.9. The quantitative estimate of drug-likeness (QED) is 0.788. The van der Waals surface area contributed by atoms with E-state index in [9.17, 15) is 0 Å². The second kappa shape index (κ2) is 3.88. The van der Waals surface area contributed by atoms with Crippen molar-refractivity contribution < 1.29 is 0 Å². The van der Waals surface area contributed by atoms with Gasteiger partial charge in [-0.3, -0.25) is 0 Å². The summed E-state index contributed by atoms with van der Waals surface area (Å²) in [5.41, 5.74) is 6.27. The lowest BCUT2D eigenvalue weighted by atomic mass is 10.3. The number of rotatable bonds is 1. The smallest absolute Gasteiger partial charge is 0.111 e. The normalized spacial score (nSPS) is 11.7. The van der Waals surface area contributed by atoms with E-state index in [2.05, 4.69) is 41.7 Å². The molecule has 0 bridgehead atoms. The summed E-state index contributed by atoms with van der Waals surface area (Å²) < 4.78 is 1.14. The second-order valence-electron chi connectivity index (χ2n) is 3.77. The maximum Gasteiger partial charge on any atom is 0.111 e. The molecule has 2 nitrogen and oxygen atoms in total. The Kier molecular flexibility index (Phi) is 3.24. The van der Waals surface area contributed by atoms with Gasteiger partial charge in [0.25, 0.3) is 0 Å². The van der Waals surface area contributed by atoms with Crippen molar-refractivity contribution in [3.8, 4) is 0 Å². The highest BCUT2D eigenvalue weighted by molar-refractivity contribution is 9.10. The standard InChI is InChI=1S/C9H13BrN2S/c1-9(2,3)13-8-7(10)4-6(11)5-12-8/h4-5H,11H2,1-3H3. The molecule has 0 atom stereocenters. The van der Waals surface area contributed by atoms with Gasteiger partial charge < -0.3 is 5.73 Å². The zero-order valence-electron chi connectivity index (χ0n) is 7.97. The third-order valence-electron chi connectivity index (χ3n) is 1.23. The number of nitrogens with zero attached hydrogens (tertiary/aromatic N) is 1. The van der Waals surface area contributed by atoms with Crippen molar-refractivity contribution in [2.75, 3.05) is 5.73 Å². The third-order valence-corrected chi connectivity index (χ3v) is 3.23. The number of hydrogen-bond donors (Lipinski definition) is 1. The van der Waals surface area contributed by atoms with E-state index in [1.807, 2.05) is 6.07 Å². The van der Waals surface area contributed by atoms with Crippen LogP contribution in [0.5, 0.6) is 0 Å². The van der Waals surface area contributed by atoms with E-state index in [0.717, 1.165) is 9.50 Å². The van der Waals surface area contributed by atoms with Crippen molar-refractivity contribution in [2.24, 2.45) is 0 Å². The molecule has 1 aromatic rings. The maximum atomic E-state index is 5.59. The lowest BCUT2D eigenvalue weighted by Gasteiger charge is -2.17. The minimum absolute atomic E-state index is 0.172. The van der Waals surface area contributed by atoms with Gasteiger partial charge in [0.05, 0.1) is 16.4 Å². The summed E-state index contributed by atoms with van der Waals surface area (Å²) >= 11 is 5.16. The van der Waals surface area contributed by atoms with E-state index in [4.69, 9.17) is 5.73 Å². The van der Waals surface area contributed by atoms with Crippen LogP contribution in [0.3, 0.4) is 0 Å². The van der Waals surface area contributed by atoms with Gasteiger partial charge in [0.2, 0.25) is 0 Å². The van der Waals surface area contributed by atoms with Gasteiger partial charge in [-0.05, 0) is 22.0 Å². The van der Waals surface area contributed by atoms with Gasteiger partial charge in [0.15, 0.2) is 0 Å². The van der Waals surface area contributed by atoms with E-state index < -0.39 is 0 Å². The predicted molar refractivity (Wildman–Crippen MR) is 62.0 cm³/mol. The zero-order valence-corrected chi connectivity index (χ0v) is 10.4. The molecule has 0 amide bonds. The second-order valence-corrected chi connectivity index (χ2v) is 6.44. The number of anilines is 1. The van der Waals surface area contributed by atoms with Gasteiger partial charge in [-0.2, -0.15) is 0 Å². The summed E-state index contributed by atoms with van der Waals surface area (Å²) in [5, 5.41) is 0.988. The highest BCUT2D eigenvalue weighted by atomic mass is 79.9. The van der Waals surface area contributed by atoms with Crippen molar-refractivity contribution in [2.45, 2.75) is 30.5 Å². The summed E-state index contributed by atoms with van der Waals surface area (Å²) in [6, 6.07) is 1.88. The molecule has 0 aliphatic heterocycles. The lowest BCUT2D eigenvalue weighted by Crippen LogP contribution is -2.07. The van der Waals surface area contributed by atoms with Crippen LogP contribution in [0.1, 0.15) is 20.8 Å². The van der Waals surface area contributed by atoms with Crippen molar-refractivity contribution in [1.29, 1.82) is 0 Å². The molecule has 4 heteroatoms. The molecule has 72 valence electrons. The summed E-state index contributed by atoms with van der Waals surface area (Å²) in [6.45, 7) is 6.46. The average Bonchev–Trinajstić information content (AvgIpc) is 1.93. The molecule has 0 fully saturated rings.